The summed E-state index contributed by atoms with van der Waals surface area (Å²) in [7, 11) is 0. The molecule has 0 saturated heterocycles. The zero-order chi connectivity index (χ0) is 25.2. The molecule has 2 aromatic rings. The molecule has 35 heavy (non-hydrogen) atoms. The predicted molar refractivity (Wildman–Crippen MR) is 130 cm³/mol. The summed E-state index contributed by atoms with van der Waals surface area (Å²) >= 11 is 0. The SMILES string of the molecule is CC(C)(C)OC(=O)NC[C@@H]1CC[C@](NC(=O)OCC2c3ccccc3-c3ccccc32)(C(=O)O)C1. The fourth-order valence-corrected chi connectivity index (χ4v) is 5.05. The second kappa shape index (κ2) is 9.60. The van der Waals surface area contributed by atoms with Crippen LogP contribution in [-0.4, -0.2) is 47.6 Å². The number of carboxylic acid groups (broad SMARTS) is 1. The molecule has 0 aromatic heterocycles. The van der Waals surface area contributed by atoms with Gasteiger partial charge in [0.1, 0.15) is 17.7 Å². The smallest absolute Gasteiger partial charge is 0.408 e. The van der Waals surface area contributed by atoms with Gasteiger partial charge in [0.2, 0.25) is 0 Å². The molecule has 0 radical (unpaired) electrons. The van der Waals surface area contributed by atoms with Crippen molar-refractivity contribution in [1.29, 1.82) is 0 Å². The molecule has 2 atom stereocenters. The largest absolute Gasteiger partial charge is 0.480 e. The Bertz CT molecular complexity index is 1080. The van der Waals surface area contributed by atoms with Gasteiger partial charge in [0, 0.05) is 12.5 Å². The van der Waals surface area contributed by atoms with Crippen LogP contribution in [0.2, 0.25) is 0 Å². The summed E-state index contributed by atoms with van der Waals surface area (Å²) in [4.78, 5) is 36.8. The van der Waals surface area contributed by atoms with Crippen LogP contribution in [-0.2, 0) is 14.3 Å². The number of carbonyl (C=O) groups is 3. The Balaban J connectivity index is 1.36. The van der Waals surface area contributed by atoms with Crippen molar-refractivity contribution in [2.75, 3.05) is 13.2 Å². The van der Waals surface area contributed by atoms with Crippen LogP contribution >= 0.6 is 0 Å². The minimum atomic E-state index is -1.43. The Kier molecular flexibility index (Phi) is 6.74. The molecule has 2 amide bonds. The molecule has 0 spiro atoms. The molecule has 8 nitrogen and oxygen atoms in total. The number of aliphatic carboxylic acids is 1. The van der Waals surface area contributed by atoms with Crippen LogP contribution < -0.4 is 10.6 Å². The lowest BCUT2D eigenvalue weighted by molar-refractivity contribution is -0.144. The van der Waals surface area contributed by atoms with Crippen molar-refractivity contribution in [3.63, 3.8) is 0 Å². The molecule has 2 aliphatic carbocycles. The van der Waals surface area contributed by atoms with E-state index in [0.717, 1.165) is 22.3 Å². The standard InChI is InChI=1S/C27H32N2O6/c1-26(2,3)35-24(32)28-15-17-12-13-27(14-17,23(30)31)29-25(33)34-16-22-20-10-6-4-8-18(20)19-9-5-7-11-21(19)22/h4-11,17,22H,12-16H2,1-3H3,(H,28,32)(H,29,33)(H,30,31)/t17-,27-/m1/s1. The van der Waals surface area contributed by atoms with Gasteiger partial charge in [0.15, 0.2) is 0 Å². The number of ether oxygens (including phenoxy) is 2. The van der Waals surface area contributed by atoms with Crippen LogP contribution in [0, 0.1) is 5.92 Å². The number of alkyl carbamates (subject to hydrolysis) is 2. The highest BCUT2D eigenvalue weighted by molar-refractivity contribution is 5.85. The highest BCUT2D eigenvalue weighted by Gasteiger charge is 2.47. The average molecular weight is 481 g/mol. The summed E-state index contributed by atoms with van der Waals surface area (Å²) in [5.74, 6) is -1.32. The average Bonchev–Trinajstić information content (AvgIpc) is 3.35. The van der Waals surface area contributed by atoms with Crippen molar-refractivity contribution in [3.8, 4) is 11.1 Å². The quantitative estimate of drug-likeness (QED) is 0.554. The number of fused-ring (bicyclic) bond motifs is 3. The van der Waals surface area contributed by atoms with E-state index in [0.29, 0.717) is 6.42 Å². The molecule has 0 bridgehead atoms. The Labute approximate surface area is 205 Å². The van der Waals surface area contributed by atoms with Crippen LogP contribution in [0.1, 0.15) is 57.1 Å². The number of rotatable bonds is 6. The van der Waals surface area contributed by atoms with E-state index >= 15 is 0 Å². The van der Waals surface area contributed by atoms with E-state index in [-0.39, 0.29) is 37.8 Å². The van der Waals surface area contributed by atoms with E-state index in [1.54, 1.807) is 20.8 Å². The number of carboxylic acids is 1. The monoisotopic (exact) mass is 480 g/mol. The van der Waals surface area contributed by atoms with Crippen molar-refractivity contribution in [3.05, 3.63) is 59.7 Å². The summed E-state index contributed by atoms with van der Waals surface area (Å²) in [5, 5.41) is 15.2. The number of nitrogens with one attached hydrogen (secondary N) is 2. The lowest BCUT2D eigenvalue weighted by Gasteiger charge is -2.26. The summed E-state index contributed by atoms with van der Waals surface area (Å²) in [6.07, 6.45) is -0.300. The lowest BCUT2D eigenvalue weighted by Crippen LogP contribution is -2.53. The van der Waals surface area contributed by atoms with Gasteiger partial charge in [0.05, 0.1) is 0 Å². The molecular weight excluding hydrogens is 448 g/mol. The van der Waals surface area contributed by atoms with Gasteiger partial charge in [-0.25, -0.2) is 14.4 Å². The zero-order valence-corrected chi connectivity index (χ0v) is 20.3. The summed E-state index contributed by atoms with van der Waals surface area (Å²) in [6.45, 7) is 5.71. The van der Waals surface area contributed by atoms with Crippen LogP contribution in [0.4, 0.5) is 9.59 Å². The zero-order valence-electron chi connectivity index (χ0n) is 20.3. The van der Waals surface area contributed by atoms with Gasteiger partial charge in [0.25, 0.3) is 0 Å². The highest BCUT2D eigenvalue weighted by atomic mass is 16.6. The molecule has 1 saturated carbocycles. The topological polar surface area (TPSA) is 114 Å². The number of carbonyl (C=O) groups excluding carboxylic acids is 2. The molecule has 2 aromatic carbocycles. The van der Waals surface area contributed by atoms with Gasteiger partial charge in [-0.05, 0) is 68.2 Å². The first-order valence-electron chi connectivity index (χ1n) is 11.9. The third-order valence-electron chi connectivity index (χ3n) is 6.64. The maximum Gasteiger partial charge on any atom is 0.408 e. The third-order valence-corrected chi connectivity index (χ3v) is 6.64. The van der Waals surface area contributed by atoms with Gasteiger partial charge in [-0.1, -0.05) is 48.5 Å². The van der Waals surface area contributed by atoms with Crippen molar-refractivity contribution >= 4 is 18.2 Å². The Morgan fingerprint density at radius 2 is 1.60 bits per heavy atom. The lowest BCUT2D eigenvalue weighted by atomic mass is 9.96. The van der Waals surface area contributed by atoms with Gasteiger partial charge in [-0.2, -0.15) is 0 Å². The summed E-state index contributed by atoms with van der Waals surface area (Å²) in [6, 6.07) is 16.0. The molecular formula is C27H32N2O6. The van der Waals surface area contributed by atoms with Gasteiger partial charge in [-0.3, -0.25) is 0 Å². The van der Waals surface area contributed by atoms with Crippen molar-refractivity contribution in [2.45, 2.75) is 57.1 Å². The van der Waals surface area contributed by atoms with Crippen molar-refractivity contribution in [2.24, 2.45) is 5.92 Å². The first-order chi connectivity index (χ1) is 16.6. The van der Waals surface area contributed by atoms with Gasteiger partial charge in [-0.15, -0.1) is 0 Å². The number of hydrogen-bond acceptors (Lipinski definition) is 5. The van der Waals surface area contributed by atoms with Crippen LogP contribution in [0.3, 0.4) is 0 Å². The minimum absolute atomic E-state index is 0.104. The Hall–Kier alpha value is -3.55. The predicted octanol–water partition coefficient (Wildman–Crippen LogP) is 4.67. The van der Waals surface area contributed by atoms with Crippen LogP contribution in [0.25, 0.3) is 11.1 Å². The molecule has 3 N–H and O–H groups in total. The van der Waals surface area contributed by atoms with E-state index in [1.807, 2.05) is 36.4 Å². The molecule has 1 fully saturated rings. The van der Waals surface area contributed by atoms with Crippen molar-refractivity contribution < 1.29 is 29.0 Å². The number of benzene rings is 2. The van der Waals surface area contributed by atoms with E-state index in [2.05, 4.69) is 22.8 Å². The second-order valence-electron chi connectivity index (χ2n) is 10.3. The van der Waals surface area contributed by atoms with Crippen LogP contribution in [0.5, 0.6) is 0 Å². The first kappa shape index (κ1) is 24.6. The minimum Gasteiger partial charge on any atom is -0.480 e. The highest BCUT2D eigenvalue weighted by Crippen LogP contribution is 2.44. The molecule has 2 aliphatic rings. The molecule has 0 aliphatic heterocycles. The molecule has 8 heteroatoms. The number of amides is 2. The fourth-order valence-electron chi connectivity index (χ4n) is 5.05. The fraction of sp³-hybridized carbons (Fsp3) is 0.444. The molecule has 0 unspecified atom stereocenters. The maximum atomic E-state index is 12.7. The van der Waals surface area contributed by atoms with E-state index in [4.69, 9.17) is 9.47 Å². The van der Waals surface area contributed by atoms with E-state index in [1.165, 1.54) is 0 Å². The Morgan fingerprint density at radius 3 is 2.17 bits per heavy atom. The number of hydrogen-bond donors (Lipinski definition) is 3. The summed E-state index contributed by atoms with van der Waals surface area (Å²) < 4.78 is 10.8. The van der Waals surface area contributed by atoms with Gasteiger partial charge >= 0.3 is 18.2 Å². The van der Waals surface area contributed by atoms with Gasteiger partial charge < -0.3 is 25.2 Å². The molecule has 186 valence electrons. The molecule has 0 heterocycles. The summed E-state index contributed by atoms with van der Waals surface area (Å²) in [5.41, 5.74) is 2.37. The van der Waals surface area contributed by atoms with Crippen molar-refractivity contribution in [1.82, 2.24) is 10.6 Å². The Morgan fingerprint density at radius 1 is 1.00 bits per heavy atom. The van der Waals surface area contributed by atoms with Crippen LogP contribution in [0.15, 0.2) is 48.5 Å². The van der Waals surface area contributed by atoms with E-state index in [9.17, 15) is 19.5 Å². The third kappa shape index (κ3) is 5.42. The normalized spacial score (nSPS) is 21.1. The van der Waals surface area contributed by atoms with E-state index < -0.39 is 29.3 Å². The first-order valence-corrected chi connectivity index (χ1v) is 11.9. The molecule has 4 rings (SSSR count). The maximum absolute atomic E-state index is 12.7. The second-order valence-corrected chi connectivity index (χ2v) is 10.3.